The summed E-state index contributed by atoms with van der Waals surface area (Å²) in [5, 5.41) is 3.51. The fraction of sp³-hybridized carbons (Fsp3) is 0.455. The molecule has 2 rings (SSSR count). The molecule has 0 aromatic heterocycles. The van der Waals surface area contributed by atoms with Crippen molar-refractivity contribution in [3.05, 3.63) is 59.2 Å². The van der Waals surface area contributed by atoms with Gasteiger partial charge in [-0.3, -0.25) is 0 Å². The van der Waals surface area contributed by atoms with E-state index in [1.165, 1.54) is 16.7 Å². The van der Waals surface area contributed by atoms with Gasteiger partial charge >= 0.3 is 0 Å². The van der Waals surface area contributed by atoms with Gasteiger partial charge in [0.05, 0.1) is 13.7 Å². The summed E-state index contributed by atoms with van der Waals surface area (Å²) in [7, 11) is 1.69. The van der Waals surface area contributed by atoms with Gasteiger partial charge in [-0.05, 0) is 61.1 Å². The Morgan fingerprint density at radius 3 is 2.56 bits per heavy atom. The summed E-state index contributed by atoms with van der Waals surface area (Å²) in [6, 6.07) is 14.7. The van der Waals surface area contributed by atoms with Crippen molar-refractivity contribution in [1.82, 2.24) is 5.32 Å². The number of nitrogens with one attached hydrogen (secondary N) is 1. The number of rotatable bonds is 10. The number of benzene rings is 2. The first-order valence-electron chi connectivity index (χ1n) is 9.15. The molecule has 25 heavy (non-hydrogen) atoms. The fourth-order valence-corrected chi connectivity index (χ4v) is 2.69. The molecule has 0 radical (unpaired) electrons. The Kier molecular flexibility index (Phi) is 7.80. The molecule has 0 atom stereocenters. The summed E-state index contributed by atoms with van der Waals surface area (Å²) in [5.41, 5.74) is 3.97. The summed E-state index contributed by atoms with van der Waals surface area (Å²) in [5.74, 6) is 2.27. The van der Waals surface area contributed by atoms with E-state index < -0.39 is 0 Å². The lowest BCUT2D eigenvalue weighted by molar-refractivity contribution is 0.273. The van der Waals surface area contributed by atoms with Crippen LogP contribution in [-0.4, -0.2) is 20.3 Å². The topological polar surface area (TPSA) is 30.5 Å². The summed E-state index contributed by atoms with van der Waals surface area (Å²) < 4.78 is 11.3. The standard InChI is InChI=1S/C22H31NO2/c1-17(2)12-14-25-21-10-9-19(15-22(21)24-4)16-23-13-11-20-8-6-5-7-18(20)3/h5-10,15,17,23H,11-14,16H2,1-4H3. The van der Waals surface area contributed by atoms with Gasteiger partial charge < -0.3 is 14.8 Å². The van der Waals surface area contributed by atoms with E-state index in [0.717, 1.165) is 44.0 Å². The van der Waals surface area contributed by atoms with Crippen molar-refractivity contribution >= 4 is 0 Å². The zero-order valence-corrected chi connectivity index (χ0v) is 16.0. The Morgan fingerprint density at radius 2 is 1.84 bits per heavy atom. The molecule has 0 aliphatic carbocycles. The van der Waals surface area contributed by atoms with Crippen LogP contribution in [0.25, 0.3) is 0 Å². The Hall–Kier alpha value is -2.00. The maximum atomic E-state index is 5.85. The van der Waals surface area contributed by atoms with Crippen molar-refractivity contribution in [1.29, 1.82) is 0 Å². The van der Waals surface area contributed by atoms with Gasteiger partial charge in [0.2, 0.25) is 0 Å². The maximum Gasteiger partial charge on any atom is 0.161 e. The molecule has 3 nitrogen and oxygen atoms in total. The van der Waals surface area contributed by atoms with Crippen LogP contribution in [-0.2, 0) is 13.0 Å². The number of ether oxygens (including phenoxy) is 2. The highest BCUT2D eigenvalue weighted by Gasteiger charge is 2.06. The van der Waals surface area contributed by atoms with Gasteiger partial charge in [-0.25, -0.2) is 0 Å². The Labute approximate surface area is 152 Å². The van der Waals surface area contributed by atoms with Crippen LogP contribution in [0.5, 0.6) is 11.5 Å². The summed E-state index contributed by atoms with van der Waals surface area (Å²) in [4.78, 5) is 0. The predicted octanol–water partition coefficient (Wildman–Crippen LogP) is 4.76. The third-order valence-electron chi connectivity index (χ3n) is 4.34. The minimum atomic E-state index is 0.641. The second-order valence-corrected chi connectivity index (χ2v) is 6.87. The largest absolute Gasteiger partial charge is 0.493 e. The van der Waals surface area contributed by atoms with Crippen LogP contribution in [0, 0.1) is 12.8 Å². The molecule has 136 valence electrons. The molecule has 2 aromatic carbocycles. The minimum absolute atomic E-state index is 0.641. The van der Waals surface area contributed by atoms with Crippen LogP contribution in [0.3, 0.4) is 0 Å². The highest BCUT2D eigenvalue weighted by molar-refractivity contribution is 5.43. The van der Waals surface area contributed by atoms with Crippen molar-refractivity contribution in [3.63, 3.8) is 0 Å². The van der Waals surface area contributed by atoms with Gasteiger partial charge in [-0.15, -0.1) is 0 Å². The van der Waals surface area contributed by atoms with Gasteiger partial charge in [0.1, 0.15) is 0 Å². The maximum absolute atomic E-state index is 5.85. The summed E-state index contributed by atoms with van der Waals surface area (Å²) in [6.07, 6.45) is 2.09. The molecule has 0 bridgehead atoms. The van der Waals surface area contributed by atoms with E-state index in [2.05, 4.69) is 62.5 Å². The van der Waals surface area contributed by atoms with Gasteiger partial charge in [-0.1, -0.05) is 44.2 Å². The van der Waals surface area contributed by atoms with E-state index in [1.807, 2.05) is 6.07 Å². The summed E-state index contributed by atoms with van der Waals surface area (Å²) in [6.45, 7) is 9.08. The Bertz CT molecular complexity index is 652. The van der Waals surface area contributed by atoms with Crippen molar-refractivity contribution in [2.75, 3.05) is 20.3 Å². The average molecular weight is 341 g/mol. The van der Waals surface area contributed by atoms with Crippen LogP contribution < -0.4 is 14.8 Å². The Balaban J connectivity index is 1.82. The normalized spacial score (nSPS) is 10.9. The molecule has 0 aliphatic heterocycles. The van der Waals surface area contributed by atoms with E-state index in [1.54, 1.807) is 7.11 Å². The third kappa shape index (κ3) is 6.43. The highest BCUT2D eigenvalue weighted by atomic mass is 16.5. The lowest BCUT2D eigenvalue weighted by atomic mass is 10.1. The number of hydrogen-bond donors (Lipinski definition) is 1. The van der Waals surface area contributed by atoms with Crippen LogP contribution >= 0.6 is 0 Å². The zero-order chi connectivity index (χ0) is 18.1. The van der Waals surface area contributed by atoms with E-state index in [4.69, 9.17) is 9.47 Å². The molecule has 2 aromatic rings. The van der Waals surface area contributed by atoms with Gasteiger partial charge in [0.15, 0.2) is 11.5 Å². The Morgan fingerprint density at radius 1 is 1.04 bits per heavy atom. The molecule has 0 spiro atoms. The smallest absolute Gasteiger partial charge is 0.161 e. The lowest BCUT2D eigenvalue weighted by Gasteiger charge is -2.13. The molecule has 1 N–H and O–H groups in total. The van der Waals surface area contributed by atoms with Crippen LogP contribution in [0.4, 0.5) is 0 Å². The molecular formula is C22H31NO2. The van der Waals surface area contributed by atoms with Crippen LogP contribution in [0.2, 0.25) is 0 Å². The monoisotopic (exact) mass is 341 g/mol. The first kappa shape index (κ1) is 19.3. The van der Waals surface area contributed by atoms with Gasteiger partial charge in [0, 0.05) is 6.54 Å². The van der Waals surface area contributed by atoms with Crippen molar-refractivity contribution < 1.29 is 9.47 Å². The number of methoxy groups -OCH3 is 1. The van der Waals surface area contributed by atoms with E-state index >= 15 is 0 Å². The van der Waals surface area contributed by atoms with Gasteiger partial charge in [0.25, 0.3) is 0 Å². The molecule has 0 aliphatic rings. The molecule has 0 saturated carbocycles. The first-order valence-corrected chi connectivity index (χ1v) is 9.15. The predicted molar refractivity (Wildman–Crippen MR) is 105 cm³/mol. The molecule has 0 fully saturated rings. The van der Waals surface area contributed by atoms with Gasteiger partial charge in [-0.2, -0.15) is 0 Å². The molecular weight excluding hydrogens is 310 g/mol. The van der Waals surface area contributed by atoms with E-state index in [-0.39, 0.29) is 0 Å². The third-order valence-corrected chi connectivity index (χ3v) is 4.34. The molecule has 3 heteroatoms. The SMILES string of the molecule is COc1cc(CNCCc2ccccc2C)ccc1OCCC(C)C. The van der Waals surface area contributed by atoms with Crippen LogP contribution in [0.15, 0.2) is 42.5 Å². The van der Waals surface area contributed by atoms with Crippen LogP contribution in [0.1, 0.15) is 37.0 Å². The first-order chi connectivity index (χ1) is 12.1. The zero-order valence-electron chi connectivity index (χ0n) is 16.0. The summed E-state index contributed by atoms with van der Waals surface area (Å²) >= 11 is 0. The fourth-order valence-electron chi connectivity index (χ4n) is 2.69. The minimum Gasteiger partial charge on any atom is -0.493 e. The van der Waals surface area contributed by atoms with Crippen molar-refractivity contribution in [2.24, 2.45) is 5.92 Å². The molecule has 0 amide bonds. The second-order valence-electron chi connectivity index (χ2n) is 6.87. The average Bonchev–Trinajstić information content (AvgIpc) is 2.60. The molecule has 0 saturated heterocycles. The lowest BCUT2D eigenvalue weighted by Crippen LogP contribution is -2.17. The van der Waals surface area contributed by atoms with Crippen molar-refractivity contribution in [2.45, 2.75) is 40.2 Å². The molecule has 0 heterocycles. The van der Waals surface area contributed by atoms with E-state index in [0.29, 0.717) is 5.92 Å². The number of aryl methyl sites for hydroxylation is 1. The second kappa shape index (κ2) is 10.1. The van der Waals surface area contributed by atoms with Crippen molar-refractivity contribution in [3.8, 4) is 11.5 Å². The highest BCUT2D eigenvalue weighted by Crippen LogP contribution is 2.28. The number of hydrogen-bond acceptors (Lipinski definition) is 3. The van der Waals surface area contributed by atoms with E-state index in [9.17, 15) is 0 Å². The quantitative estimate of drug-likeness (QED) is 0.632. The molecule has 0 unspecified atom stereocenters.